The summed E-state index contributed by atoms with van der Waals surface area (Å²) in [7, 11) is 3.96. The Kier molecular flexibility index (Phi) is 6.33. The predicted molar refractivity (Wildman–Crippen MR) is 103 cm³/mol. The van der Waals surface area contributed by atoms with Crippen molar-refractivity contribution in [2.45, 2.75) is 27.7 Å². The van der Waals surface area contributed by atoms with Crippen molar-refractivity contribution in [1.82, 2.24) is 14.9 Å². The van der Waals surface area contributed by atoms with Gasteiger partial charge in [0.25, 0.3) is 0 Å². The third-order valence-corrected chi connectivity index (χ3v) is 4.03. The van der Waals surface area contributed by atoms with Crippen LogP contribution in [0.4, 0.5) is 11.6 Å². The smallest absolute Gasteiger partial charge is 0.228 e. The van der Waals surface area contributed by atoms with Crippen molar-refractivity contribution in [2.75, 3.05) is 32.1 Å². The first-order chi connectivity index (χ1) is 11.9. The molecule has 0 amide bonds. The average Bonchev–Trinajstić information content (AvgIpc) is 2.62. The van der Waals surface area contributed by atoms with Gasteiger partial charge in [0, 0.05) is 39.4 Å². The van der Waals surface area contributed by atoms with Crippen LogP contribution in [0.3, 0.4) is 0 Å². The van der Waals surface area contributed by atoms with E-state index in [0.717, 1.165) is 35.7 Å². The number of aliphatic imine (C=N–C) groups is 1. The maximum absolute atomic E-state index is 5.99. The van der Waals surface area contributed by atoms with Crippen molar-refractivity contribution in [3.63, 3.8) is 0 Å². The quantitative estimate of drug-likeness (QED) is 0.564. The normalized spacial score (nSPS) is 11.0. The molecular weight excluding hydrogens is 314 g/mol. The van der Waals surface area contributed by atoms with Gasteiger partial charge in [0.1, 0.15) is 5.75 Å². The Morgan fingerprint density at radius 1 is 1.12 bits per heavy atom. The molecule has 1 aromatic carbocycles. The maximum Gasteiger partial charge on any atom is 0.228 e. The van der Waals surface area contributed by atoms with E-state index < -0.39 is 0 Å². The Morgan fingerprint density at radius 3 is 2.56 bits per heavy atom. The number of rotatable bonds is 7. The Morgan fingerprint density at radius 2 is 1.88 bits per heavy atom. The molecule has 0 spiro atoms. The lowest BCUT2D eigenvalue weighted by atomic mass is 10.1. The van der Waals surface area contributed by atoms with E-state index in [0.29, 0.717) is 11.8 Å². The number of aryl methyl sites for hydroxylation is 2. The van der Waals surface area contributed by atoms with E-state index in [-0.39, 0.29) is 0 Å². The van der Waals surface area contributed by atoms with E-state index in [4.69, 9.17) is 4.74 Å². The minimum absolute atomic E-state index is 0.537. The van der Waals surface area contributed by atoms with Gasteiger partial charge in [-0.25, -0.2) is 9.98 Å². The van der Waals surface area contributed by atoms with E-state index in [1.807, 2.05) is 56.2 Å². The molecule has 0 aliphatic heterocycles. The molecule has 2 rings (SSSR count). The van der Waals surface area contributed by atoms with Gasteiger partial charge in [-0.15, -0.1) is 0 Å². The van der Waals surface area contributed by atoms with Gasteiger partial charge in [0.15, 0.2) is 0 Å². The highest BCUT2D eigenvalue weighted by atomic mass is 16.5. The first kappa shape index (κ1) is 18.7. The summed E-state index contributed by atoms with van der Waals surface area (Å²) in [5, 5.41) is 0. The zero-order valence-electron chi connectivity index (χ0n) is 15.9. The summed E-state index contributed by atoms with van der Waals surface area (Å²) in [5.41, 5.74) is 3.02. The molecule has 0 atom stereocenters. The second-order valence-corrected chi connectivity index (χ2v) is 6.03. The fourth-order valence-electron chi connectivity index (χ4n) is 2.09. The highest BCUT2D eigenvalue weighted by Gasteiger charge is 2.09. The van der Waals surface area contributed by atoms with Crippen LogP contribution in [0, 0.1) is 13.8 Å². The lowest BCUT2D eigenvalue weighted by molar-refractivity contribution is 0.457. The largest absolute Gasteiger partial charge is 0.439 e. The molecule has 0 unspecified atom stereocenters. The number of hydrogen-bond acceptors (Lipinski definition) is 5. The minimum atomic E-state index is 0.537. The van der Waals surface area contributed by atoms with Crippen molar-refractivity contribution in [1.29, 1.82) is 0 Å². The summed E-state index contributed by atoms with van der Waals surface area (Å²) in [5.74, 6) is 1.97. The molecule has 0 bridgehead atoms. The van der Waals surface area contributed by atoms with Gasteiger partial charge >= 0.3 is 0 Å². The van der Waals surface area contributed by atoms with Gasteiger partial charge in [-0.1, -0.05) is 0 Å². The zero-order chi connectivity index (χ0) is 18.4. The van der Waals surface area contributed by atoms with E-state index in [9.17, 15) is 0 Å². The second kappa shape index (κ2) is 8.46. The molecule has 0 N–H and O–H groups in total. The maximum atomic E-state index is 5.99. The Hall–Kier alpha value is -2.63. The van der Waals surface area contributed by atoms with E-state index in [1.165, 1.54) is 0 Å². The molecule has 1 heterocycles. The van der Waals surface area contributed by atoms with Crippen molar-refractivity contribution in [2.24, 2.45) is 4.99 Å². The van der Waals surface area contributed by atoms with Gasteiger partial charge in [0.2, 0.25) is 11.8 Å². The fourth-order valence-corrected chi connectivity index (χ4v) is 2.09. The summed E-state index contributed by atoms with van der Waals surface area (Å²) in [6.07, 6.45) is 3.56. The number of aromatic nitrogens is 2. The third-order valence-electron chi connectivity index (χ3n) is 4.03. The van der Waals surface area contributed by atoms with E-state index in [2.05, 4.69) is 28.8 Å². The molecule has 6 heteroatoms. The lowest BCUT2D eigenvalue weighted by Crippen LogP contribution is -2.18. The standard InChI is InChI=1S/C19H27N5O/c1-7-23(5)13-21-16-11-15(4)17(12-14(16)3)25-18-9-10-20-19(22-18)24(6)8-2/h9-13H,7-8H2,1-6H3. The number of benzene rings is 1. The molecule has 0 aliphatic rings. The molecule has 25 heavy (non-hydrogen) atoms. The highest BCUT2D eigenvalue weighted by Crippen LogP contribution is 2.31. The van der Waals surface area contributed by atoms with Crippen molar-refractivity contribution in [3.05, 3.63) is 35.5 Å². The monoisotopic (exact) mass is 341 g/mol. The van der Waals surface area contributed by atoms with Crippen molar-refractivity contribution >= 4 is 18.0 Å². The van der Waals surface area contributed by atoms with Gasteiger partial charge < -0.3 is 14.5 Å². The zero-order valence-corrected chi connectivity index (χ0v) is 15.9. The van der Waals surface area contributed by atoms with Crippen LogP contribution in [-0.4, -0.2) is 48.4 Å². The molecule has 134 valence electrons. The number of anilines is 1. The van der Waals surface area contributed by atoms with E-state index in [1.54, 1.807) is 12.3 Å². The van der Waals surface area contributed by atoms with Crippen LogP contribution in [-0.2, 0) is 0 Å². The predicted octanol–water partition coefficient (Wildman–Crippen LogP) is 3.95. The summed E-state index contributed by atoms with van der Waals surface area (Å²) in [6, 6.07) is 5.80. The van der Waals surface area contributed by atoms with Gasteiger partial charge in [-0.2, -0.15) is 4.98 Å². The molecule has 0 radical (unpaired) electrons. The molecule has 2 aromatic rings. The van der Waals surface area contributed by atoms with Gasteiger partial charge in [0.05, 0.1) is 12.0 Å². The van der Waals surface area contributed by atoms with Crippen LogP contribution in [0.1, 0.15) is 25.0 Å². The lowest BCUT2D eigenvalue weighted by Gasteiger charge is -2.15. The number of ether oxygens (including phenoxy) is 1. The average molecular weight is 341 g/mol. The number of hydrogen-bond donors (Lipinski definition) is 0. The molecule has 6 nitrogen and oxygen atoms in total. The summed E-state index contributed by atoms with van der Waals surface area (Å²) >= 11 is 0. The molecule has 0 fully saturated rings. The van der Waals surface area contributed by atoms with E-state index >= 15 is 0 Å². The topological polar surface area (TPSA) is 53.9 Å². The van der Waals surface area contributed by atoms with Crippen LogP contribution in [0.2, 0.25) is 0 Å². The van der Waals surface area contributed by atoms with Crippen LogP contribution >= 0.6 is 0 Å². The molecular formula is C19H27N5O. The first-order valence-corrected chi connectivity index (χ1v) is 8.52. The van der Waals surface area contributed by atoms with Crippen molar-refractivity contribution in [3.8, 4) is 11.6 Å². The van der Waals surface area contributed by atoms with Crippen LogP contribution in [0.25, 0.3) is 0 Å². The van der Waals surface area contributed by atoms with Gasteiger partial charge in [-0.3, -0.25) is 0 Å². The minimum Gasteiger partial charge on any atom is -0.439 e. The molecule has 1 aromatic heterocycles. The second-order valence-electron chi connectivity index (χ2n) is 6.03. The number of nitrogens with zero attached hydrogens (tertiary/aromatic N) is 5. The molecule has 0 aliphatic carbocycles. The SMILES string of the molecule is CCN(C)C=Nc1cc(C)c(Oc2ccnc(N(C)CC)n2)cc1C. The Bertz CT molecular complexity index is 745. The highest BCUT2D eigenvalue weighted by molar-refractivity contribution is 5.64. The van der Waals surface area contributed by atoms with Gasteiger partial charge in [-0.05, 0) is 51.0 Å². The summed E-state index contributed by atoms with van der Waals surface area (Å²) in [4.78, 5) is 17.3. The van der Waals surface area contributed by atoms with Crippen LogP contribution < -0.4 is 9.64 Å². The Labute approximate surface area is 150 Å². The third kappa shape index (κ3) is 4.92. The Balaban J connectivity index is 2.24. The van der Waals surface area contributed by atoms with Crippen molar-refractivity contribution < 1.29 is 4.74 Å². The molecule has 0 saturated carbocycles. The van der Waals surface area contributed by atoms with Crippen LogP contribution in [0.15, 0.2) is 29.4 Å². The summed E-state index contributed by atoms with van der Waals surface area (Å²) in [6.45, 7) is 9.94. The molecule has 0 saturated heterocycles. The summed E-state index contributed by atoms with van der Waals surface area (Å²) < 4.78 is 5.99. The first-order valence-electron chi connectivity index (χ1n) is 8.52. The fraction of sp³-hybridized carbons (Fsp3) is 0.421. The van der Waals surface area contributed by atoms with Crippen LogP contribution in [0.5, 0.6) is 11.6 Å².